The molecule has 1 spiro atoms. The molecular weight excluding hydrogens is 630 g/mol. The summed E-state index contributed by atoms with van der Waals surface area (Å²) in [6.07, 6.45) is 5.24. The van der Waals surface area contributed by atoms with Crippen molar-refractivity contribution in [3.63, 3.8) is 0 Å². The molecule has 10 nitrogen and oxygen atoms in total. The van der Waals surface area contributed by atoms with Gasteiger partial charge in [-0.15, -0.1) is 0 Å². The van der Waals surface area contributed by atoms with Crippen molar-refractivity contribution >= 4 is 39.6 Å². The molecule has 0 radical (unpaired) electrons. The first-order chi connectivity index (χ1) is 20.8. The lowest BCUT2D eigenvalue weighted by Gasteiger charge is -2.43. The number of benzene rings is 1. The van der Waals surface area contributed by atoms with Crippen molar-refractivity contribution in [3.8, 4) is 0 Å². The minimum absolute atomic E-state index is 0.0811. The van der Waals surface area contributed by atoms with Gasteiger partial charge < -0.3 is 29.7 Å². The largest absolute Gasteiger partial charge is 0.463 e. The first-order valence-corrected chi connectivity index (χ1v) is 16.1. The Hall–Kier alpha value is -3.02. The molecule has 0 unspecified atom stereocenters. The number of amides is 3. The van der Waals surface area contributed by atoms with E-state index in [1.807, 2.05) is 77.1 Å². The Morgan fingerprint density at radius 1 is 1.09 bits per heavy atom. The fourth-order valence-electron chi connectivity index (χ4n) is 6.98. The van der Waals surface area contributed by atoms with Gasteiger partial charge in [0, 0.05) is 23.0 Å². The first-order valence-electron chi connectivity index (χ1n) is 15.3. The van der Waals surface area contributed by atoms with Crippen LogP contribution in [-0.4, -0.2) is 87.7 Å². The van der Waals surface area contributed by atoms with E-state index in [-0.39, 0.29) is 38.0 Å². The standard InChI is InChI=1S/C33H42BrN3O7/c1-19(2)23(17-38)37-28-31(42)36(32(3,4)5)15-11-7-10-14-24(39)43-18-22(20-12-8-6-9-13-20)35-29(40)25-26(30(37)41)33(28)16-21(34)27(25)44-33/h6-9,11-13,16,19,22-23,25-28,38H,10,14-15,17-18H2,1-5H3,(H,35,40)/b11-7-/t22-,23+,25-,26+,27-,28-,33+/m1/s1. The lowest BCUT2D eigenvalue weighted by atomic mass is 9.73. The van der Waals surface area contributed by atoms with Crippen molar-refractivity contribution in [3.05, 3.63) is 58.6 Å². The maximum Gasteiger partial charge on any atom is 0.306 e. The average Bonchev–Trinajstić information content (AvgIpc) is 3.55. The molecular formula is C33H42BrN3O7. The summed E-state index contributed by atoms with van der Waals surface area (Å²) in [5, 5.41) is 13.6. The number of halogens is 1. The van der Waals surface area contributed by atoms with Gasteiger partial charge >= 0.3 is 5.97 Å². The molecule has 1 aromatic rings. The molecule has 1 aromatic carbocycles. The second-order valence-electron chi connectivity index (χ2n) is 13.4. The van der Waals surface area contributed by atoms with Crippen LogP contribution in [0.4, 0.5) is 0 Å². The molecule has 2 N–H and O–H groups in total. The van der Waals surface area contributed by atoms with Gasteiger partial charge in [0.15, 0.2) is 0 Å². The van der Waals surface area contributed by atoms with Crippen LogP contribution in [0, 0.1) is 17.8 Å². The van der Waals surface area contributed by atoms with Crippen molar-refractivity contribution in [1.82, 2.24) is 15.1 Å². The van der Waals surface area contributed by atoms with Gasteiger partial charge in [-0.2, -0.15) is 0 Å². The van der Waals surface area contributed by atoms with Gasteiger partial charge in [0.1, 0.15) is 24.4 Å². The number of cyclic esters (lactones) is 1. The van der Waals surface area contributed by atoms with Crippen LogP contribution < -0.4 is 5.32 Å². The van der Waals surface area contributed by atoms with Crippen molar-refractivity contribution in [2.24, 2.45) is 17.8 Å². The van der Waals surface area contributed by atoms with Crippen LogP contribution in [-0.2, 0) is 28.7 Å². The monoisotopic (exact) mass is 671 g/mol. The maximum absolute atomic E-state index is 14.8. The summed E-state index contributed by atoms with van der Waals surface area (Å²) in [5.41, 5.74) is -1.32. The van der Waals surface area contributed by atoms with Crippen LogP contribution in [0.15, 0.2) is 53.0 Å². The molecule has 7 atom stereocenters. The van der Waals surface area contributed by atoms with Gasteiger partial charge in [-0.05, 0) is 44.7 Å². The zero-order valence-electron chi connectivity index (χ0n) is 25.9. The van der Waals surface area contributed by atoms with Gasteiger partial charge in [0.2, 0.25) is 17.7 Å². The normalized spacial score (nSPS) is 32.8. The van der Waals surface area contributed by atoms with Crippen LogP contribution >= 0.6 is 15.9 Å². The molecule has 238 valence electrons. The average molecular weight is 673 g/mol. The number of rotatable bonds is 4. The lowest BCUT2D eigenvalue weighted by Crippen LogP contribution is -2.62. The molecule has 44 heavy (non-hydrogen) atoms. The number of ether oxygens (including phenoxy) is 2. The zero-order valence-corrected chi connectivity index (χ0v) is 27.5. The number of aliphatic hydroxyl groups is 1. The summed E-state index contributed by atoms with van der Waals surface area (Å²) in [6, 6.07) is 6.76. The van der Waals surface area contributed by atoms with E-state index < -0.39 is 65.0 Å². The van der Waals surface area contributed by atoms with E-state index in [1.165, 1.54) is 4.90 Å². The summed E-state index contributed by atoms with van der Waals surface area (Å²) in [6.45, 7) is 9.34. The highest BCUT2D eigenvalue weighted by molar-refractivity contribution is 9.11. The Bertz CT molecular complexity index is 1360. The molecule has 2 fully saturated rings. The minimum Gasteiger partial charge on any atom is -0.463 e. The summed E-state index contributed by atoms with van der Waals surface area (Å²) in [7, 11) is 0. The first kappa shape index (κ1) is 32.4. The summed E-state index contributed by atoms with van der Waals surface area (Å²) in [5.74, 6) is -3.72. The molecule has 2 saturated heterocycles. The molecule has 4 aliphatic rings. The number of allylic oxidation sites excluding steroid dienone is 1. The van der Waals surface area contributed by atoms with Crippen LogP contribution in [0.25, 0.3) is 0 Å². The second kappa shape index (κ2) is 12.4. The molecule has 5 rings (SSSR count). The molecule has 11 heteroatoms. The second-order valence-corrected chi connectivity index (χ2v) is 14.3. The van der Waals surface area contributed by atoms with Gasteiger partial charge in [-0.3, -0.25) is 19.2 Å². The van der Waals surface area contributed by atoms with Gasteiger partial charge in [0.25, 0.3) is 0 Å². The van der Waals surface area contributed by atoms with Crippen LogP contribution in [0.5, 0.6) is 0 Å². The van der Waals surface area contributed by atoms with E-state index in [4.69, 9.17) is 9.47 Å². The molecule has 4 aliphatic heterocycles. The van der Waals surface area contributed by atoms with Crippen molar-refractivity contribution in [2.75, 3.05) is 19.8 Å². The van der Waals surface area contributed by atoms with E-state index in [1.54, 1.807) is 11.0 Å². The summed E-state index contributed by atoms with van der Waals surface area (Å²) >= 11 is 3.59. The zero-order chi connectivity index (χ0) is 32.0. The quantitative estimate of drug-likeness (QED) is 0.372. The SMILES string of the molecule is CC(C)[C@H](CO)N1C(=O)[C@@H]2[C@H]3C(=O)N[C@@H](c4ccccc4)COC(=O)CC/C=C\CN(C(C)(C)C)C(=O)[C@@H]1[C@]21C=C(Br)[C@H]3O1. The Balaban J connectivity index is 1.64. The molecule has 0 saturated carbocycles. The molecule has 0 aliphatic carbocycles. The Morgan fingerprint density at radius 2 is 1.80 bits per heavy atom. The summed E-state index contributed by atoms with van der Waals surface area (Å²) in [4.78, 5) is 59.3. The predicted molar refractivity (Wildman–Crippen MR) is 166 cm³/mol. The third-order valence-corrected chi connectivity index (χ3v) is 9.87. The molecule has 4 heterocycles. The van der Waals surface area contributed by atoms with Crippen molar-refractivity contribution < 1.29 is 33.8 Å². The minimum atomic E-state index is -1.42. The molecule has 0 aromatic heterocycles. The number of hydrogen-bond donors (Lipinski definition) is 2. The van der Waals surface area contributed by atoms with Crippen LogP contribution in [0.3, 0.4) is 0 Å². The number of fused-ring (bicyclic) bond motifs is 2. The Labute approximate surface area is 266 Å². The highest BCUT2D eigenvalue weighted by Crippen LogP contribution is 2.59. The number of hydrogen-bond acceptors (Lipinski definition) is 7. The number of esters is 1. The van der Waals surface area contributed by atoms with Gasteiger partial charge in [0.05, 0.1) is 30.5 Å². The molecule has 5 bridgehead atoms. The number of likely N-dealkylation sites (tertiary alicyclic amines) is 1. The number of carbonyl (C=O) groups is 4. The fourth-order valence-corrected chi connectivity index (χ4v) is 7.71. The van der Waals surface area contributed by atoms with E-state index >= 15 is 0 Å². The van der Waals surface area contributed by atoms with E-state index in [0.717, 1.165) is 5.56 Å². The van der Waals surface area contributed by atoms with Gasteiger partial charge in [-0.1, -0.05) is 72.3 Å². The third-order valence-electron chi connectivity index (χ3n) is 9.19. The number of nitrogens with one attached hydrogen (secondary N) is 1. The van der Waals surface area contributed by atoms with Crippen molar-refractivity contribution in [2.45, 2.75) is 82.8 Å². The number of aliphatic hydroxyl groups excluding tert-OH is 1. The van der Waals surface area contributed by atoms with E-state index in [9.17, 15) is 24.3 Å². The van der Waals surface area contributed by atoms with E-state index in [0.29, 0.717) is 10.9 Å². The predicted octanol–water partition coefficient (Wildman–Crippen LogP) is 3.25. The van der Waals surface area contributed by atoms with E-state index in [2.05, 4.69) is 21.2 Å². The van der Waals surface area contributed by atoms with Crippen LogP contribution in [0.2, 0.25) is 0 Å². The lowest BCUT2D eigenvalue weighted by molar-refractivity contribution is -0.154. The Morgan fingerprint density at radius 3 is 2.43 bits per heavy atom. The highest BCUT2D eigenvalue weighted by atomic mass is 79.9. The number of nitrogens with zero attached hydrogens (tertiary/aromatic N) is 2. The smallest absolute Gasteiger partial charge is 0.306 e. The topological polar surface area (TPSA) is 125 Å². The van der Waals surface area contributed by atoms with Crippen molar-refractivity contribution in [1.29, 1.82) is 0 Å². The summed E-state index contributed by atoms with van der Waals surface area (Å²) < 4.78 is 12.8. The highest BCUT2D eigenvalue weighted by Gasteiger charge is 2.75. The fraction of sp³-hybridized carbons (Fsp3) is 0.576. The van der Waals surface area contributed by atoms with Gasteiger partial charge in [-0.25, -0.2) is 0 Å². The number of carbonyl (C=O) groups excluding carboxylic acids is 4. The Kier molecular flexibility index (Phi) is 9.13. The maximum atomic E-state index is 14.8. The molecule has 3 amide bonds. The third kappa shape index (κ3) is 5.63. The van der Waals surface area contributed by atoms with Crippen LogP contribution in [0.1, 0.15) is 59.1 Å².